The van der Waals surface area contributed by atoms with E-state index in [9.17, 15) is 14.7 Å². The maximum atomic E-state index is 12.8. The molecule has 1 amide bonds. The van der Waals surface area contributed by atoms with Crippen molar-refractivity contribution in [1.29, 1.82) is 0 Å². The Hall–Kier alpha value is -3.28. The lowest BCUT2D eigenvalue weighted by molar-refractivity contribution is -0.139. The Morgan fingerprint density at radius 3 is 2.41 bits per heavy atom. The van der Waals surface area contributed by atoms with Crippen LogP contribution in [0.1, 0.15) is 37.4 Å². The fraction of sp³-hybridized carbons (Fsp3) is 0.304. The number of aliphatic hydroxyl groups is 1. The summed E-state index contributed by atoms with van der Waals surface area (Å²) < 4.78 is 10.7. The molecular formula is C23H25NO5. The van der Waals surface area contributed by atoms with E-state index in [0.717, 1.165) is 0 Å². The molecule has 6 heteroatoms. The minimum Gasteiger partial charge on any atom is -0.507 e. The number of carbonyl (C=O) groups is 2. The zero-order valence-corrected chi connectivity index (χ0v) is 16.8. The van der Waals surface area contributed by atoms with Crippen LogP contribution < -0.4 is 9.47 Å². The van der Waals surface area contributed by atoms with Gasteiger partial charge in [-0.2, -0.15) is 0 Å². The van der Waals surface area contributed by atoms with Gasteiger partial charge in [0.1, 0.15) is 17.3 Å². The van der Waals surface area contributed by atoms with Gasteiger partial charge in [0, 0.05) is 12.1 Å². The summed E-state index contributed by atoms with van der Waals surface area (Å²) in [5.74, 6) is -0.201. The number of Topliss-reactive ketones (excluding diaryl/α,β-unsaturated/α-hetero) is 1. The number of hydrogen-bond acceptors (Lipinski definition) is 5. The Morgan fingerprint density at radius 1 is 1.07 bits per heavy atom. The zero-order valence-electron chi connectivity index (χ0n) is 16.8. The molecule has 3 rings (SSSR count). The molecule has 1 unspecified atom stereocenters. The van der Waals surface area contributed by atoms with E-state index in [4.69, 9.17) is 9.47 Å². The van der Waals surface area contributed by atoms with Crippen LogP contribution >= 0.6 is 0 Å². The molecule has 1 N–H and O–H groups in total. The third-order valence-corrected chi connectivity index (χ3v) is 4.85. The van der Waals surface area contributed by atoms with Crippen LogP contribution in [0.5, 0.6) is 11.5 Å². The van der Waals surface area contributed by atoms with Crippen LogP contribution in [-0.4, -0.2) is 42.0 Å². The minimum atomic E-state index is -0.683. The Bertz CT molecular complexity index is 933. The normalized spacial score (nSPS) is 18.2. The van der Waals surface area contributed by atoms with Gasteiger partial charge in [0.15, 0.2) is 0 Å². The molecule has 0 bridgehead atoms. The van der Waals surface area contributed by atoms with E-state index in [-0.39, 0.29) is 11.3 Å². The van der Waals surface area contributed by atoms with Crippen LogP contribution in [0.15, 0.2) is 54.1 Å². The third kappa shape index (κ3) is 3.97. The Kier molecular flexibility index (Phi) is 6.22. The largest absolute Gasteiger partial charge is 0.507 e. The summed E-state index contributed by atoms with van der Waals surface area (Å²) in [6.07, 6.45) is 0.691. The molecule has 0 aliphatic carbocycles. The van der Waals surface area contributed by atoms with Gasteiger partial charge in [-0.15, -0.1) is 0 Å². The number of nitrogens with zero attached hydrogens (tertiary/aromatic N) is 1. The number of ether oxygens (including phenoxy) is 2. The smallest absolute Gasteiger partial charge is 0.295 e. The predicted octanol–water partition coefficient (Wildman–Crippen LogP) is 3.93. The summed E-state index contributed by atoms with van der Waals surface area (Å²) in [4.78, 5) is 27.1. The Morgan fingerprint density at radius 2 is 1.79 bits per heavy atom. The fourth-order valence-electron chi connectivity index (χ4n) is 3.54. The van der Waals surface area contributed by atoms with E-state index in [1.807, 2.05) is 19.9 Å². The fourth-order valence-corrected chi connectivity index (χ4v) is 3.54. The van der Waals surface area contributed by atoms with Crippen LogP contribution in [0.25, 0.3) is 5.76 Å². The minimum absolute atomic E-state index is 0.0841. The van der Waals surface area contributed by atoms with Crippen molar-refractivity contribution in [2.45, 2.75) is 26.3 Å². The SMILES string of the molecule is CCCN1C(=O)C(=O)/C(=C(\O)c2ccc(OCC)cc2)C1c1cccc(OC)c1. The van der Waals surface area contributed by atoms with E-state index in [1.54, 1.807) is 49.6 Å². The third-order valence-electron chi connectivity index (χ3n) is 4.85. The van der Waals surface area contributed by atoms with Crippen molar-refractivity contribution in [3.05, 3.63) is 65.2 Å². The topological polar surface area (TPSA) is 76.1 Å². The summed E-state index contributed by atoms with van der Waals surface area (Å²) in [6.45, 7) is 4.77. The number of hydrogen-bond donors (Lipinski definition) is 1. The van der Waals surface area contributed by atoms with Crippen LogP contribution in [-0.2, 0) is 9.59 Å². The second kappa shape index (κ2) is 8.82. The molecule has 1 aliphatic heterocycles. The standard InChI is InChI=1S/C23H25NO5/c1-4-13-24-20(16-7-6-8-18(14-16)28-3)19(22(26)23(24)27)21(25)15-9-11-17(12-10-15)29-5-2/h6-12,14,20,25H,4-5,13H2,1-3H3/b21-19-. The van der Waals surface area contributed by atoms with Gasteiger partial charge >= 0.3 is 0 Å². The molecule has 6 nitrogen and oxygen atoms in total. The van der Waals surface area contributed by atoms with Gasteiger partial charge < -0.3 is 19.5 Å². The molecular weight excluding hydrogens is 370 g/mol. The summed E-state index contributed by atoms with van der Waals surface area (Å²) in [5.41, 5.74) is 1.25. The molecule has 29 heavy (non-hydrogen) atoms. The summed E-state index contributed by atoms with van der Waals surface area (Å²) >= 11 is 0. The van der Waals surface area contributed by atoms with Gasteiger partial charge in [-0.3, -0.25) is 9.59 Å². The summed E-state index contributed by atoms with van der Waals surface area (Å²) in [6, 6.07) is 13.3. The van der Waals surface area contributed by atoms with Crippen LogP contribution in [0.2, 0.25) is 0 Å². The van der Waals surface area contributed by atoms with Crippen LogP contribution in [0.4, 0.5) is 0 Å². The maximum absolute atomic E-state index is 12.8. The van der Waals surface area contributed by atoms with Crippen LogP contribution in [0, 0.1) is 0 Å². The highest BCUT2D eigenvalue weighted by Crippen LogP contribution is 2.40. The number of carbonyl (C=O) groups excluding carboxylic acids is 2. The maximum Gasteiger partial charge on any atom is 0.295 e. The first-order chi connectivity index (χ1) is 14.0. The molecule has 0 saturated carbocycles. The first kappa shape index (κ1) is 20.5. The van der Waals surface area contributed by atoms with Crippen molar-refractivity contribution in [1.82, 2.24) is 4.90 Å². The molecule has 2 aromatic rings. The van der Waals surface area contributed by atoms with Gasteiger partial charge in [0.05, 0.1) is 25.3 Å². The van der Waals surface area contributed by atoms with Gasteiger partial charge in [-0.25, -0.2) is 0 Å². The predicted molar refractivity (Wildman–Crippen MR) is 110 cm³/mol. The van der Waals surface area contributed by atoms with Crippen molar-refractivity contribution in [3.63, 3.8) is 0 Å². The number of aliphatic hydroxyl groups excluding tert-OH is 1. The molecule has 1 saturated heterocycles. The lowest BCUT2D eigenvalue weighted by Crippen LogP contribution is -2.30. The number of rotatable bonds is 7. The molecule has 1 heterocycles. The highest BCUT2D eigenvalue weighted by Gasteiger charge is 2.45. The quantitative estimate of drug-likeness (QED) is 0.437. The molecule has 1 fully saturated rings. The Labute approximate surface area is 170 Å². The number of benzene rings is 2. The van der Waals surface area contributed by atoms with E-state index in [1.165, 1.54) is 4.90 Å². The highest BCUT2D eigenvalue weighted by atomic mass is 16.5. The molecule has 2 aromatic carbocycles. The van der Waals surface area contributed by atoms with E-state index in [2.05, 4.69) is 0 Å². The number of ketones is 1. The average Bonchev–Trinajstić information content (AvgIpc) is 2.99. The first-order valence-corrected chi connectivity index (χ1v) is 9.67. The molecule has 1 aliphatic rings. The van der Waals surface area contributed by atoms with Crippen molar-refractivity contribution >= 4 is 17.4 Å². The lowest BCUT2D eigenvalue weighted by atomic mass is 9.95. The number of amides is 1. The summed E-state index contributed by atoms with van der Waals surface area (Å²) in [5, 5.41) is 11.0. The molecule has 1 atom stereocenters. The van der Waals surface area contributed by atoms with Gasteiger partial charge in [0.25, 0.3) is 11.7 Å². The van der Waals surface area contributed by atoms with E-state index >= 15 is 0 Å². The second-order valence-electron chi connectivity index (χ2n) is 6.73. The van der Waals surface area contributed by atoms with Crippen molar-refractivity contribution < 1.29 is 24.2 Å². The first-order valence-electron chi connectivity index (χ1n) is 9.67. The number of methoxy groups -OCH3 is 1. The molecule has 0 aromatic heterocycles. The second-order valence-corrected chi connectivity index (χ2v) is 6.73. The Balaban J connectivity index is 2.12. The van der Waals surface area contributed by atoms with E-state index < -0.39 is 17.7 Å². The van der Waals surface area contributed by atoms with Crippen molar-refractivity contribution in [2.24, 2.45) is 0 Å². The van der Waals surface area contributed by atoms with E-state index in [0.29, 0.717) is 42.2 Å². The molecule has 0 spiro atoms. The van der Waals surface area contributed by atoms with Crippen molar-refractivity contribution in [2.75, 3.05) is 20.3 Å². The number of likely N-dealkylation sites (tertiary alicyclic amines) is 1. The highest BCUT2D eigenvalue weighted by molar-refractivity contribution is 6.46. The lowest BCUT2D eigenvalue weighted by Gasteiger charge is -2.25. The monoisotopic (exact) mass is 395 g/mol. The van der Waals surface area contributed by atoms with Crippen molar-refractivity contribution in [3.8, 4) is 11.5 Å². The van der Waals surface area contributed by atoms with Gasteiger partial charge in [0.2, 0.25) is 0 Å². The van der Waals surface area contributed by atoms with Gasteiger partial charge in [-0.05, 0) is 55.3 Å². The summed E-state index contributed by atoms with van der Waals surface area (Å²) in [7, 11) is 1.56. The average molecular weight is 395 g/mol. The molecule has 0 radical (unpaired) electrons. The van der Waals surface area contributed by atoms with Crippen LogP contribution in [0.3, 0.4) is 0 Å². The van der Waals surface area contributed by atoms with Gasteiger partial charge in [-0.1, -0.05) is 19.1 Å². The zero-order chi connectivity index (χ0) is 21.0. The molecule has 152 valence electrons.